The van der Waals surface area contributed by atoms with Crippen LogP contribution in [0.5, 0.6) is 0 Å². The highest BCUT2D eigenvalue weighted by molar-refractivity contribution is 4.64. The highest BCUT2D eigenvalue weighted by Crippen LogP contribution is 2.05. The fourth-order valence-corrected chi connectivity index (χ4v) is 1.04. The van der Waals surface area contributed by atoms with Crippen molar-refractivity contribution in [2.24, 2.45) is 0 Å². The molecule has 0 spiro atoms. The summed E-state index contributed by atoms with van der Waals surface area (Å²) < 4.78 is 0. The molecule has 68 valence electrons. The van der Waals surface area contributed by atoms with Gasteiger partial charge in [0.25, 0.3) is 0 Å². The van der Waals surface area contributed by atoms with Crippen LogP contribution in [0.1, 0.15) is 26.7 Å². The lowest BCUT2D eigenvalue weighted by Gasteiger charge is -2.27. The molecule has 0 amide bonds. The van der Waals surface area contributed by atoms with Crippen molar-refractivity contribution >= 4 is 0 Å². The van der Waals surface area contributed by atoms with Crippen molar-refractivity contribution in [1.82, 2.24) is 4.90 Å². The SMILES string of the molecule is CCCC(C)N(C)C(O)CO. The molecule has 3 nitrogen and oxygen atoms in total. The number of aliphatic hydroxyl groups excluding tert-OH is 2. The molecule has 0 fully saturated rings. The first-order chi connectivity index (χ1) is 5.13. The second-order valence-electron chi connectivity index (χ2n) is 2.97. The van der Waals surface area contributed by atoms with E-state index in [1.807, 2.05) is 14.0 Å². The minimum atomic E-state index is -0.712. The molecule has 0 aliphatic heterocycles. The average Bonchev–Trinajstić information content (AvgIpc) is 2.02. The lowest BCUT2D eigenvalue weighted by Crippen LogP contribution is -2.40. The predicted molar refractivity (Wildman–Crippen MR) is 45.2 cm³/mol. The zero-order chi connectivity index (χ0) is 8.85. The van der Waals surface area contributed by atoms with E-state index in [2.05, 4.69) is 6.92 Å². The lowest BCUT2D eigenvalue weighted by molar-refractivity contribution is -0.0400. The summed E-state index contributed by atoms with van der Waals surface area (Å²) in [5.74, 6) is 0. The van der Waals surface area contributed by atoms with Crippen molar-refractivity contribution in [2.75, 3.05) is 13.7 Å². The fourth-order valence-electron chi connectivity index (χ4n) is 1.04. The number of aliphatic hydroxyl groups is 2. The molecule has 0 saturated carbocycles. The smallest absolute Gasteiger partial charge is 0.130 e. The Morgan fingerprint density at radius 3 is 2.36 bits per heavy atom. The summed E-state index contributed by atoms with van der Waals surface area (Å²) in [6, 6.07) is 0.335. The van der Waals surface area contributed by atoms with Gasteiger partial charge in [-0.05, 0) is 20.4 Å². The van der Waals surface area contributed by atoms with Gasteiger partial charge in [-0.25, -0.2) is 0 Å². The highest BCUT2D eigenvalue weighted by atomic mass is 16.3. The van der Waals surface area contributed by atoms with Crippen LogP contribution in [0.3, 0.4) is 0 Å². The molecule has 2 unspecified atom stereocenters. The van der Waals surface area contributed by atoms with Crippen LogP contribution in [0.15, 0.2) is 0 Å². The van der Waals surface area contributed by atoms with E-state index in [9.17, 15) is 5.11 Å². The van der Waals surface area contributed by atoms with Gasteiger partial charge in [0, 0.05) is 6.04 Å². The lowest BCUT2D eigenvalue weighted by atomic mass is 10.2. The maximum absolute atomic E-state index is 9.20. The predicted octanol–water partition coefficient (Wildman–Crippen LogP) is 0.417. The van der Waals surface area contributed by atoms with E-state index >= 15 is 0 Å². The van der Waals surface area contributed by atoms with Crippen LogP contribution in [0.2, 0.25) is 0 Å². The second-order valence-corrected chi connectivity index (χ2v) is 2.97. The van der Waals surface area contributed by atoms with E-state index in [0.717, 1.165) is 12.8 Å². The van der Waals surface area contributed by atoms with Gasteiger partial charge in [-0.3, -0.25) is 4.90 Å². The first kappa shape index (κ1) is 10.9. The van der Waals surface area contributed by atoms with Crippen molar-refractivity contribution in [1.29, 1.82) is 0 Å². The van der Waals surface area contributed by atoms with E-state index in [4.69, 9.17) is 5.11 Å². The fraction of sp³-hybridized carbons (Fsp3) is 1.00. The number of rotatable bonds is 5. The van der Waals surface area contributed by atoms with E-state index in [0.29, 0.717) is 6.04 Å². The molecular formula is C8H19NO2. The molecule has 0 aromatic rings. The van der Waals surface area contributed by atoms with Crippen LogP contribution in [0, 0.1) is 0 Å². The maximum atomic E-state index is 9.20. The van der Waals surface area contributed by atoms with Gasteiger partial charge in [0.1, 0.15) is 6.23 Å². The summed E-state index contributed by atoms with van der Waals surface area (Å²) in [6.07, 6.45) is 1.44. The molecule has 0 saturated heterocycles. The quantitative estimate of drug-likeness (QED) is 0.574. The van der Waals surface area contributed by atoms with Gasteiger partial charge in [0.2, 0.25) is 0 Å². The first-order valence-electron chi connectivity index (χ1n) is 4.14. The molecule has 0 heterocycles. The topological polar surface area (TPSA) is 43.7 Å². The van der Waals surface area contributed by atoms with Gasteiger partial charge in [-0.2, -0.15) is 0 Å². The van der Waals surface area contributed by atoms with Crippen molar-refractivity contribution in [2.45, 2.75) is 39.0 Å². The number of hydrogen-bond donors (Lipinski definition) is 2. The molecular weight excluding hydrogens is 142 g/mol. The molecule has 0 aliphatic rings. The third-order valence-corrected chi connectivity index (χ3v) is 2.04. The molecule has 0 bridgehead atoms. The van der Waals surface area contributed by atoms with Gasteiger partial charge in [0.15, 0.2) is 0 Å². The van der Waals surface area contributed by atoms with Crippen molar-refractivity contribution in [3.05, 3.63) is 0 Å². The van der Waals surface area contributed by atoms with Crippen molar-refractivity contribution in [3.63, 3.8) is 0 Å². The Bertz CT molecular complexity index is 98.1. The minimum Gasteiger partial charge on any atom is -0.392 e. The summed E-state index contributed by atoms with van der Waals surface area (Å²) in [4.78, 5) is 1.78. The Morgan fingerprint density at radius 2 is 2.00 bits per heavy atom. The number of nitrogens with zero attached hydrogens (tertiary/aromatic N) is 1. The normalized spacial score (nSPS) is 16.9. The zero-order valence-corrected chi connectivity index (χ0v) is 7.62. The van der Waals surface area contributed by atoms with E-state index in [-0.39, 0.29) is 6.61 Å². The summed E-state index contributed by atoms with van der Waals surface area (Å²) in [5.41, 5.74) is 0. The summed E-state index contributed by atoms with van der Waals surface area (Å²) >= 11 is 0. The minimum absolute atomic E-state index is 0.190. The second kappa shape index (κ2) is 5.52. The molecule has 0 aliphatic carbocycles. The van der Waals surface area contributed by atoms with Gasteiger partial charge in [-0.1, -0.05) is 13.3 Å². The Morgan fingerprint density at radius 1 is 1.45 bits per heavy atom. The van der Waals surface area contributed by atoms with Gasteiger partial charge < -0.3 is 10.2 Å². The standard InChI is InChI=1S/C8H19NO2/c1-4-5-7(2)9(3)8(11)6-10/h7-8,10-11H,4-6H2,1-3H3. The van der Waals surface area contributed by atoms with E-state index in [1.165, 1.54) is 0 Å². The summed E-state index contributed by atoms with van der Waals surface area (Å²) in [7, 11) is 1.82. The van der Waals surface area contributed by atoms with Gasteiger partial charge >= 0.3 is 0 Å². The van der Waals surface area contributed by atoms with Gasteiger partial charge in [0.05, 0.1) is 6.61 Å². The molecule has 2 atom stereocenters. The summed E-state index contributed by atoms with van der Waals surface area (Å²) in [6.45, 7) is 3.96. The van der Waals surface area contributed by atoms with Crippen LogP contribution >= 0.6 is 0 Å². The third-order valence-electron chi connectivity index (χ3n) is 2.04. The molecule has 0 aromatic carbocycles. The van der Waals surface area contributed by atoms with Crippen molar-refractivity contribution < 1.29 is 10.2 Å². The molecule has 0 radical (unpaired) electrons. The monoisotopic (exact) mass is 161 g/mol. The average molecular weight is 161 g/mol. The third kappa shape index (κ3) is 3.70. The van der Waals surface area contributed by atoms with Crippen LogP contribution in [-0.2, 0) is 0 Å². The Labute approximate surface area is 68.6 Å². The van der Waals surface area contributed by atoms with Crippen LogP contribution < -0.4 is 0 Å². The van der Waals surface area contributed by atoms with Crippen molar-refractivity contribution in [3.8, 4) is 0 Å². The molecule has 2 N–H and O–H groups in total. The largest absolute Gasteiger partial charge is 0.392 e. The Hall–Kier alpha value is -0.120. The zero-order valence-electron chi connectivity index (χ0n) is 7.62. The van der Waals surface area contributed by atoms with Crippen LogP contribution in [-0.4, -0.2) is 41.0 Å². The number of hydrogen-bond acceptors (Lipinski definition) is 3. The van der Waals surface area contributed by atoms with Crippen LogP contribution in [0.4, 0.5) is 0 Å². The molecule has 3 heteroatoms. The maximum Gasteiger partial charge on any atom is 0.130 e. The number of likely N-dealkylation sites (N-methyl/N-ethyl adjacent to an activating group) is 1. The molecule has 0 rings (SSSR count). The van der Waals surface area contributed by atoms with Crippen LogP contribution in [0.25, 0.3) is 0 Å². The molecule has 0 aromatic heterocycles. The first-order valence-corrected chi connectivity index (χ1v) is 4.14. The van der Waals surface area contributed by atoms with Gasteiger partial charge in [-0.15, -0.1) is 0 Å². The molecule has 11 heavy (non-hydrogen) atoms. The Kier molecular flexibility index (Phi) is 5.46. The highest BCUT2D eigenvalue weighted by Gasteiger charge is 2.14. The summed E-state index contributed by atoms with van der Waals surface area (Å²) in [5, 5.41) is 17.8. The Balaban J connectivity index is 3.70. The van der Waals surface area contributed by atoms with E-state index in [1.54, 1.807) is 4.90 Å². The van der Waals surface area contributed by atoms with E-state index < -0.39 is 6.23 Å².